The molecule has 0 heterocycles. The first-order valence-electron chi connectivity index (χ1n) is 10.6. The van der Waals surface area contributed by atoms with Crippen molar-refractivity contribution in [2.45, 2.75) is 77.9 Å². The van der Waals surface area contributed by atoms with E-state index in [2.05, 4.69) is 19.9 Å². The first-order valence-corrected chi connectivity index (χ1v) is 10.6. The number of ketones is 1. The van der Waals surface area contributed by atoms with E-state index in [1.807, 2.05) is 6.92 Å². The lowest BCUT2D eigenvalue weighted by molar-refractivity contribution is -0.178. The van der Waals surface area contributed by atoms with Crippen LogP contribution in [0.5, 0.6) is 0 Å². The van der Waals surface area contributed by atoms with Gasteiger partial charge in [0.25, 0.3) is 0 Å². The van der Waals surface area contributed by atoms with E-state index in [0.717, 1.165) is 38.5 Å². The van der Waals surface area contributed by atoms with Gasteiger partial charge in [0.2, 0.25) is 0 Å². The number of rotatable bonds is 2. The van der Waals surface area contributed by atoms with Crippen LogP contribution in [0, 0.1) is 51.8 Å². The van der Waals surface area contributed by atoms with Crippen molar-refractivity contribution in [2.75, 3.05) is 6.61 Å². The second-order valence-electron chi connectivity index (χ2n) is 9.94. The maximum Gasteiger partial charge on any atom is 0.137 e. The van der Waals surface area contributed by atoms with Gasteiger partial charge in [0.1, 0.15) is 5.78 Å². The molecule has 0 saturated heterocycles. The van der Waals surface area contributed by atoms with E-state index < -0.39 is 6.10 Å². The summed E-state index contributed by atoms with van der Waals surface area (Å²) < 4.78 is 5.86. The maximum absolute atomic E-state index is 13.4. The number of nitriles is 1. The van der Waals surface area contributed by atoms with Crippen molar-refractivity contribution in [3.8, 4) is 6.07 Å². The van der Waals surface area contributed by atoms with E-state index in [1.165, 1.54) is 0 Å². The molecule has 0 radical (unpaired) electrons. The zero-order valence-electron chi connectivity index (χ0n) is 16.4. The van der Waals surface area contributed by atoms with Gasteiger partial charge in [-0.05, 0) is 74.0 Å². The molecule has 4 saturated carbocycles. The Labute approximate surface area is 157 Å². The number of Topliss-reactive ketones (excluding diaryl/α,β-unsaturated/α-hetero) is 1. The first-order chi connectivity index (χ1) is 12.3. The van der Waals surface area contributed by atoms with Crippen LogP contribution in [-0.2, 0) is 9.53 Å². The fourth-order valence-electron chi connectivity index (χ4n) is 7.67. The summed E-state index contributed by atoms with van der Waals surface area (Å²) in [4.78, 5) is 13.4. The monoisotopic (exact) mass is 359 g/mol. The first kappa shape index (κ1) is 18.4. The Kier molecular flexibility index (Phi) is 4.48. The molecule has 0 amide bonds. The van der Waals surface area contributed by atoms with Gasteiger partial charge in [-0.15, -0.1) is 0 Å². The Morgan fingerprint density at radius 2 is 2.00 bits per heavy atom. The van der Waals surface area contributed by atoms with E-state index in [-0.39, 0.29) is 28.8 Å². The summed E-state index contributed by atoms with van der Waals surface area (Å²) >= 11 is 0. The summed E-state index contributed by atoms with van der Waals surface area (Å²) in [5, 5.41) is 20.1. The third kappa shape index (κ3) is 2.43. The predicted molar refractivity (Wildman–Crippen MR) is 98.0 cm³/mol. The van der Waals surface area contributed by atoms with Crippen LogP contribution in [0.15, 0.2) is 0 Å². The van der Waals surface area contributed by atoms with Crippen LogP contribution in [0.3, 0.4) is 0 Å². The van der Waals surface area contributed by atoms with E-state index in [1.54, 1.807) is 0 Å². The van der Waals surface area contributed by atoms with Crippen molar-refractivity contribution in [3.63, 3.8) is 0 Å². The van der Waals surface area contributed by atoms with Crippen LogP contribution in [0.4, 0.5) is 0 Å². The van der Waals surface area contributed by atoms with Crippen molar-refractivity contribution >= 4 is 5.78 Å². The number of hydrogen-bond acceptors (Lipinski definition) is 4. The van der Waals surface area contributed by atoms with Crippen molar-refractivity contribution in [2.24, 2.45) is 40.4 Å². The SMILES string of the molecule is CCO[C@H]1C[C@@]2(C)[C@@H](CC[C@H]3[C@@H]4CC[C@@H](C#N)[C@@]4(C)CC(=O)[C@@H]32)C[C@@H]1O. The summed E-state index contributed by atoms with van der Waals surface area (Å²) in [5.41, 5.74) is -0.186. The Morgan fingerprint density at radius 1 is 1.23 bits per heavy atom. The van der Waals surface area contributed by atoms with E-state index in [4.69, 9.17) is 4.74 Å². The molecule has 9 atom stereocenters. The number of fused-ring (bicyclic) bond motifs is 5. The number of ether oxygens (including phenoxy) is 1. The molecule has 0 aromatic rings. The summed E-state index contributed by atoms with van der Waals surface area (Å²) in [7, 11) is 0. The van der Waals surface area contributed by atoms with Crippen LogP contribution in [0.2, 0.25) is 0 Å². The fraction of sp³-hybridized carbons (Fsp3) is 0.909. The van der Waals surface area contributed by atoms with Gasteiger partial charge in [-0.25, -0.2) is 0 Å². The van der Waals surface area contributed by atoms with Gasteiger partial charge in [-0.3, -0.25) is 4.79 Å². The van der Waals surface area contributed by atoms with Gasteiger partial charge in [-0.2, -0.15) is 5.26 Å². The maximum atomic E-state index is 13.4. The highest BCUT2D eigenvalue weighted by molar-refractivity contribution is 5.84. The highest BCUT2D eigenvalue weighted by Crippen LogP contribution is 2.66. The lowest BCUT2D eigenvalue weighted by Gasteiger charge is -2.60. The van der Waals surface area contributed by atoms with Crippen molar-refractivity contribution in [3.05, 3.63) is 0 Å². The largest absolute Gasteiger partial charge is 0.390 e. The van der Waals surface area contributed by atoms with Crippen molar-refractivity contribution in [1.82, 2.24) is 0 Å². The molecule has 4 aliphatic rings. The lowest BCUT2D eigenvalue weighted by atomic mass is 9.44. The van der Waals surface area contributed by atoms with Gasteiger partial charge < -0.3 is 9.84 Å². The highest BCUT2D eigenvalue weighted by atomic mass is 16.5. The average molecular weight is 360 g/mol. The van der Waals surface area contributed by atoms with Gasteiger partial charge >= 0.3 is 0 Å². The molecule has 4 aliphatic carbocycles. The molecule has 4 heteroatoms. The topological polar surface area (TPSA) is 70.3 Å². The minimum absolute atomic E-state index is 0.0345. The quantitative estimate of drug-likeness (QED) is 0.816. The molecule has 26 heavy (non-hydrogen) atoms. The third-order valence-corrected chi connectivity index (χ3v) is 8.88. The molecule has 0 aromatic carbocycles. The van der Waals surface area contributed by atoms with Gasteiger partial charge in [0, 0.05) is 18.9 Å². The second kappa shape index (κ2) is 6.31. The summed E-state index contributed by atoms with van der Waals surface area (Å²) in [6.07, 6.45) is 5.83. The van der Waals surface area contributed by atoms with Crippen LogP contribution in [-0.4, -0.2) is 29.7 Å². The number of nitrogens with zero attached hydrogens (tertiary/aromatic N) is 1. The zero-order valence-corrected chi connectivity index (χ0v) is 16.4. The molecule has 0 spiro atoms. The van der Waals surface area contributed by atoms with E-state index >= 15 is 0 Å². The van der Waals surface area contributed by atoms with Gasteiger partial charge in [0.15, 0.2) is 0 Å². The summed E-state index contributed by atoms with van der Waals surface area (Å²) in [5.74, 6) is 1.84. The smallest absolute Gasteiger partial charge is 0.137 e. The number of aliphatic hydroxyl groups excluding tert-OH is 1. The fourth-order valence-corrected chi connectivity index (χ4v) is 7.67. The van der Waals surface area contributed by atoms with Gasteiger partial charge in [0.05, 0.1) is 24.2 Å². The minimum Gasteiger partial charge on any atom is -0.390 e. The molecule has 0 unspecified atom stereocenters. The van der Waals surface area contributed by atoms with E-state index in [9.17, 15) is 15.2 Å². The summed E-state index contributed by atoms with van der Waals surface area (Å²) in [6.45, 7) is 7.08. The van der Waals surface area contributed by atoms with Crippen LogP contribution in [0.25, 0.3) is 0 Å². The van der Waals surface area contributed by atoms with E-state index in [0.29, 0.717) is 36.6 Å². The lowest BCUT2D eigenvalue weighted by Crippen LogP contribution is -2.60. The van der Waals surface area contributed by atoms with Crippen LogP contribution >= 0.6 is 0 Å². The molecule has 0 aromatic heterocycles. The summed E-state index contributed by atoms with van der Waals surface area (Å²) in [6, 6.07) is 2.51. The number of carbonyl (C=O) groups is 1. The standard InChI is InChI=1S/C22H33NO3/c1-4-26-19-11-22(3)13(9-17(19)24)5-7-15-16-8-6-14(12-23)21(16,2)10-18(25)20(15)22/h13-17,19-20,24H,4-11H2,1-3H3/t13-,14-,15-,16-,17-,19-,20+,21+,22-/m0/s1. The molecular formula is C22H33NO3. The molecular weight excluding hydrogens is 326 g/mol. The van der Waals surface area contributed by atoms with Crippen molar-refractivity contribution in [1.29, 1.82) is 5.26 Å². The Bertz CT molecular complexity index is 627. The molecule has 0 aliphatic heterocycles. The number of aliphatic hydroxyl groups is 1. The molecule has 1 N–H and O–H groups in total. The minimum atomic E-state index is -0.400. The van der Waals surface area contributed by atoms with Crippen LogP contribution < -0.4 is 0 Å². The molecule has 4 fully saturated rings. The molecule has 4 nitrogen and oxygen atoms in total. The van der Waals surface area contributed by atoms with Crippen LogP contribution in [0.1, 0.15) is 65.7 Å². The molecule has 0 bridgehead atoms. The highest BCUT2D eigenvalue weighted by Gasteiger charge is 2.64. The second-order valence-corrected chi connectivity index (χ2v) is 9.94. The van der Waals surface area contributed by atoms with Gasteiger partial charge in [-0.1, -0.05) is 13.8 Å². The predicted octanol–water partition coefficient (Wildman–Crippen LogP) is 3.72. The Balaban J connectivity index is 1.67. The number of carbonyl (C=O) groups excluding carboxylic acids is 1. The Morgan fingerprint density at radius 3 is 2.69 bits per heavy atom. The average Bonchev–Trinajstić information content (AvgIpc) is 2.91. The zero-order chi connectivity index (χ0) is 18.7. The number of hydrogen-bond donors (Lipinski definition) is 1. The normalized spacial score (nSPS) is 53.3. The Hall–Kier alpha value is -0.920. The third-order valence-electron chi connectivity index (χ3n) is 8.88. The molecule has 144 valence electrons. The van der Waals surface area contributed by atoms with Crippen molar-refractivity contribution < 1.29 is 14.6 Å². The molecule has 4 rings (SSSR count).